The number of methoxy groups -OCH3 is 1. The van der Waals surface area contributed by atoms with E-state index in [9.17, 15) is 14.9 Å². The van der Waals surface area contributed by atoms with Crippen molar-refractivity contribution in [2.75, 3.05) is 12.4 Å². The number of aryl methyl sites for hydroxylation is 1. The minimum Gasteiger partial charge on any atom is -0.494 e. The number of rotatable bonds is 4. The molecule has 0 aliphatic carbocycles. The van der Waals surface area contributed by atoms with Crippen LogP contribution < -0.4 is 10.1 Å². The largest absolute Gasteiger partial charge is 0.494 e. The average molecular weight is 343 g/mol. The molecule has 8 heteroatoms. The Labute approximate surface area is 141 Å². The number of ether oxygens (including phenoxy) is 1. The number of nitro benzene ring substituents is 1. The van der Waals surface area contributed by atoms with Gasteiger partial charge in [0, 0.05) is 6.07 Å². The second kappa shape index (κ2) is 6.25. The van der Waals surface area contributed by atoms with Crippen molar-refractivity contribution in [2.45, 2.75) is 6.92 Å². The van der Waals surface area contributed by atoms with Gasteiger partial charge in [-0.3, -0.25) is 20.2 Å². The van der Waals surface area contributed by atoms with Crippen molar-refractivity contribution in [3.05, 3.63) is 57.6 Å². The minimum absolute atomic E-state index is 0.00885. The van der Waals surface area contributed by atoms with E-state index in [1.165, 1.54) is 29.5 Å². The highest BCUT2D eigenvalue weighted by Crippen LogP contribution is 2.35. The highest BCUT2D eigenvalue weighted by molar-refractivity contribution is 7.22. The summed E-state index contributed by atoms with van der Waals surface area (Å²) in [7, 11) is 1.55. The zero-order valence-corrected chi connectivity index (χ0v) is 13.7. The van der Waals surface area contributed by atoms with Crippen LogP contribution in [0.3, 0.4) is 0 Å². The molecular weight excluding hydrogens is 330 g/mol. The summed E-state index contributed by atoms with van der Waals surface area (Å²) in [6, 6.07) is 9.51. The van der Waals surface area contributed by atoms with E-state index in [-0.39, 0.29) is 11.3 Å². The maximum Gasteiger partial charge on any atom is 0.282 e. The maximum absolute atomic E-state index is 12.4. The van der Waals surface area contributed by atoms with E-state index in [0.29, 0.717) is 16.4 Å². The Morgan fingerprint density at radius 1 is 1.29 bits per heavy atom. The molecule has 0 atom stereocenters. The Morgan fingerprint density at radius 3 is 2.75 bits per heavy atom. The van der Waals surface area contributed by atoms with Crippen molar-refractivity contribution in [2.24, 2.45) is 0 Å². The van der Waals surface area contributed by atoms with E-state index < -0.39 is 10.8 Å². The molecule has 3 rings (SSSR count). The van der Waals surface area contributed by atoms with E-state index in [4.69, 9.17) is 4.74 Å². The highest BCUT2D eigenvalue weighted by atomic mass is 32.1. The number of nitro groups is 1. The van der Waals surface area contributed by atoms with Gasteiger partial charge in [0.15, 0.2) is 5.13 Å². The summed E-state index contributed by atoms with van der Waals surface area (Å²) in [4.78, 5) is 27.2. The zero-order valence-electron chi connectivity index (χ0n) is 12.9. The van der Waals surface area contributed by atoms with E-state index >= 15 is 0 Å². The molecule has 1 aromatic heterocycles. The van der Waals surface area contributed by atoms with Crippen LogP contribution in [0.15, 0.2) is 36.4 Å². The van der Waals surface area contributed by atoms with Crippen molar-refractivity contribution in [3.8, 4) is 5.75 Å². The van der Waals surface area contributed by atoms with Crippen LogP contribution >= 0.6 is 11.3 Å². The Hall–Kier alpha value is -3.00. The topological polar surface area (TPSA) is 94.4 Å². The first-order valence-corrected chi connectivity index (χ1v) is 7.82. The standard InChI is InChI=1S/C16H13N3O4S/c1-9-7-8-12(23-2)13-14(9)24-16(17-13)18-15(20)10-5-3-4-6-11(10)19(21)22/h3-8H,1-2H3,(H,17,18,20). The minimum atomic E-state index is -0.583. The monoisotopic (exact) mass is 343 g/mol. The number of benzene rings is 2. The molecular formula is C16H13N3O4S. The van der Waals surface area contributed by atoms with Gasteiger partial charge in [-0.25, -0.2) is 4.98 Å². The van der Waals surface area contributed by atoms with Gasteiger partial charge in [-0.2, -0.15) is 0 Å². The molecule has 24 heavy (non-hydrogen) atoms. The lowest BCUT2D eigenvalue weighted by Crippen LogP contribution is -2.13. The van der Waals surface area contributed by atoms with E-state index in [2.05, 4.69) is 10.3 Å². The van der Waals surface area contributed by atoms with Gasteiger partial charge in [0.1, 0.15) is 16.8 Å². The van der Waals surface area contributed by atoms with Gasteiger partial charge in [-0.1, -0.05) is 29.5 Å². The summed E-state index contributed by atoms with van der Waals surface area (Å²) < 4.78 is 6.17. The molecule has 0 bridgehead atoms. The third-order valence-corrected chi connectivity index (χ3v) is 4.60. The van der Waals surface area contributed by atoms with Gasteiger partial charge >= 0.3 is 0 Å². The normalized spacial score (nSPS) is 10.6. The molecule has 2 aromatic carbocycles. The Morgan fingerprint density at radius 2 is 2.04 bits per heavy atom. The van der Waals surface area contributed by atoms with Crippen LogP contribution in [0.2, 0.25) is 0 Å². The van der Waals surface area contributed by atoms with Crippen molar-refractivity contribution >= 4 is 38.3 Å². The van der Waals surface area contributed by atoms with Gasteiger partial charge < -0.3 is 4.74 Å². The molecule has 0 saturated heterocycles. The van der Waals surface area contributed by atoms with Gasteiger partial charge in [0.2, 0.25) is 0 Å². The van der Waals surface area contributed by atoms with Gasteiger partial charge in [-0.05, 0) is 24.6 Å². The number of fused-ring (bicyclic) bond motifs is 1. The summed E-state index contributed by atoms with van der Waals surface area (Å²) in [5, 5.41) is 14.0. The number of hydrogen-bond donors (Lipinski definition) is 1. The number of amides is 1. The Bertz CT molecular complexity index is 952. The molecule has 0 spiro atoms. The first-order chi connectivity index (χ1) is 11.5. The lowest BCUT2D eigenvalue weighted by molar-refractivity contribution is -0.385. The summed E-state index contributed by atoms with van der Waals surface area (Å²) >= 11 is 1.30. The SMILES string of the molecule is COc1ccc(C)c2sc(NC(=O)c3ccccc3[N+](=O)[O-])nc12. The molecule has 0 radical (unpaired) electrons. The van der Waals surface area contributed by atoms with Crippen LogP contribution in [0.5, 0.6) is 5.75 Å². The molecule has 3 aromatic rings. The predicted molar refractivity (Wildman–Crippen MR) is 92.0 cm³/mol. The van der Waals surface area contributed by atoms with E-state index in [1.807, 2.05) is 19.1 Å². The number of carbonyl (C=O) groups excluding carboxylic acids is 1. The molecule has 122 valence electrons. The lowest BCUT2D eigenvalue weighted by Gasteiger charge is -2.02. The van der Waals surface area contributed by atoms with Crippen LogP contribution in [0.4, 0.5) is 10.8 Å². The molecule has 7 nitrogen and oxygen atoms in total. The maximum atomic E-state index is 12.4. The predicted octanol–water partition coefficient (Wildman–Crippen LogP) is 3.77. The third kappa shape index (κ3) is 2.79. The fourth-order valence-electron chi connectivity index (χ4n) is 2.32. The van der Waals surface area contributed by atoms with Crippen molar-refractivity contribution in [1.29, 1.82) is 0 Å². The molecule has 1 amide bonds. The van der Waals surface area contributed by atoms with Gasteiger partial charge in [-0.15, -0.1) is 0 Å². The Kier molecular flexibility index (Phi) is 4.13. The number of hydrogen-bond acceptors (Lipinski definition) is 6. The number of aromatic nitrogens is 1. The summed E-state index contributed by atoms with van der Waals surface area (Å²) in [5.74, 6) is 0.0380. The molecule has 0 fully saturated rings. The van der Waals surface area contributed by atoms with Crippen molar-refractivity contribution in [1.82, 2.24) is 4.98 Å². The molecule has 1 N–H and O–H groups in total. The van der Waals surface area contributed by atoms with Crippen molar-refractivity contribution in [3.63, 3.8) is 0 Å². The first-order valence-electron chi connectivity index (χ1n) is 7.00. The second-order valence-corrected chi connectivity index (χ2v) is 6.01. The molecule has 0 aliphatic heterocycles. The molecule has 0 unspecified atom stereocenters. The summed E-state index contributed by atoms with van der Waals surface area (Å²) in [5.41, 5.74) is 1.41. The number of nitrogens with one attached hydrogen (secondary N) is 1. The number of thiazole rings is 1. The number of anilines is 1. The average Bonchev–Trinajstić information content (AvgIpc) is 2.99. The fourth-order valence-corrected chi connectivity index (χ4v) is 3.26. The summed E-state index contributed by atoms with van der Waals surface area (Å²) in [6.45, 7) is 1.94. The van der Waals surface area contributed by atoms with E-state index in [1.54, 1.807) is 13.2 Å². The molecule has 0 saturated carbocycles. The third-order valence-electron chi connectivity index (χ3n) is 3.49. The smallest absolute Gasteiger partial charge is 0.282 e. The second-order valence-electron chi connectivity index (χ2n) is 5.01. The van der Waals surface area contributed by atoms with Crippen LogP contribution in [0.1, 0.15) is 15.9 Å². The number of carbonyl (C=O) groups is 1. The van der Waals surface area contributed by atoms with Crippen LogP contribution in [0.25, 0.3) is 10.2 Å². The number of nitrogens with zero attached hydrogens (tertiary/aromatic N) is 2. The zero-order chi connectivity index (χ0) is 17.3. The van der Waals surface area contributed by atoms with Gasteiger partial charge in [0.25, 0.3) is 11.6 Å². The molecule has 0 aliphatic rings. The van der Waals surface area contributed by atoms with Crippen molar-refractivity contribution < 1.29 is 14.5 Å². The fraction of sp³-hybridized carbons (Fsp3) is 0.125. The van der Waals surface area contributed by atoms with E-state index in [0.717, 1.165) is 10.3 Å². The van der Waals surface area contributed by atoms with Crippen LogP contribution in [-0.2, 0) is 0 Å². The summed E-state index contributed by atoms with van der Waals surface area (Å²) in [6.07, 6.45) is 0. The molecule has 1 heterocycles. The number of para-hydroxylation sites is 1. The highest BCUT2D eigenvalue weighted by Gasteiger charge is 2.21. The van der Waals surface area contributed by atoms with Gasteiger partial charge in [0.05, 0.1) is 16.7 Å². The van der Waals surface area contributed by atoms with Crippen LogP contribution in [-0.4, -0.2) is 22.9 Å². The quantitative estimate of drug-likeness (QED) is 0.575. The van der Waals surface area contributed by atoms with Crippen LogP contribution in [0, 0.1) is 17.0 Å². The first kappa shape index (κ1) is 15.9. The lowest BCUT2D eigenvalue weighted by atomic mass is 10.1. The Balaban J connectivity index is 1.97.